The first-order valence-corrected chi connectivity index (χ1v) is 9.29. The fourth-order valence-electron chi connectivity index (χ4n) is 3.33. The van der Waals surface area contributed by atoms with Crippen molar-refractivity contribution in [2.75, 3.05) is 0 Å². The van der Waals surface area contributed by atoms with Gasteiger partial charge in [0.1, 0.15) is 0 Å². The minimum atomic E-state index is 0. The summed E-state index contributed by atoms with van der Waals surface area (Å²) in [5, 5.41) is 0. The molecule has 1 aliphatic carbocycles. The first-order valence-electron chi connectivity index (χ1n) is 8.21. The minimum absolute atomic E-state index is 0. The van der Waals surface area contributed by atoms with Gasteiger partial charge in [0.2, 0.25) is 0 Å². The fraction of sp³-hybridized carbons (Fsp3) is 0.350. The van der Waals surface area contributed by atoms with E-state index >= 15 is 0 Å². The van der Waals surface area contributed by atoms with Crippen LogP contribution in [0.5, 0.6) is 0 Å². The van der Waals surface area contributed by atoms with E-state index in [1.54, 1.807) is 0 Å². The van der Waals surface area contributed by atoms with Gasteiger partial charge in [-0.15, -0.1) is 0 Å². The predicted molar refractivity (Wildman–Crippen MR) is 102 cm³/mol. The van der Waals surface area contributed by atoms with Crippen molar-refractivity contribution >= 4 is 33.0 Å². The zero-order chi connectivity index (χ0) is 15.4. The summed E-state index contributed by atoms with van der Waals surface area (Å²) in [6, 6.07) is 16.5. The SMILES string of the molecule is Cc1cccc(-c2ccccc2)c1C(=O)PC1CCCCC1.[Li]. The van der Waals surface area contributed by atoms with E-state index in [1.165, 1.54) is 32.1 Å². The van der Waals surface area contributed by atoms with Crippen LogP contribution in [0, 0.1) is 6.92 Å². The Morgan fingerprint density at radius 2 is 1.65 bits per heavy atom. The number of carbonyl (C=O) groups excluding carboxylic acids is 1. The van der Waals surface area contributed by atoms with Gasteiger partial charge in [0.25, 0.3) is 0 Å². The monoisotopic (exact) mass is 317 g/mol. The van der Waals surface area contributed by atoms with Crippen molar-refractivity contribution in [3.8, 4) is 11.1 Å². The molecule has 1 unspecified atom stereocenters. The Bertz CT molecular complexity index is 648. The van der Waals surface area contributed by atoms with Gasteiger partial charge in [0, 0.05) is 24.4 Å². The molecular formula is C20H23LiOP. The van der Waals surface area contributed by atoms with Crippen LogP contribution < -0.4 is 0 Å². The average Bonchev–Trinajstić information content (AvgIpc) is 2.56. The molecule has 0 spiro atoms. The van der Waals surface area contributed by atoms with Crippen LogP contribution in [0.4, 0.5) is 0 Å². The number of rotatable bonds is 4. The van der Waals surface area contributed by atoms with Crippen LogP contribution in [0.3, 0.4) is 0 Å². The van der Waals surface area contributed by atoms with Crippen LogP contribution in [-0.2, 0) is 0 Å². The third-order valence-electron chi connectivity index (χ3n) is 4.53. The van der Waals surface area contributed by atoms with Crippen LogP contribution in [0.2, 0.25) is 0 Å². The molecule has 0 N–H and O–H groups in total. The molecule has 1 aliphatic rings. The second-order valence-electron chi connectivity index (χ2n) is 6.17. The molecule has 2 aromatic rings. The Balaban J connectivity index is 0.00000192. The number of aryl methyl sites for hydroxylation is 1. The second kappa shape index (κ2) is 8.84. The van der Waals surface area contributed by atoms with Crippen molar-refractivity contribution in [1.29, 1.82) is 0 Å². The van der Waals surface area contributed by atoms with Gasteiger partial charge in [-0.3, -0.25) is 4.79 Å². The Morgan fingerprint density at radius 1 is 0.957 bits per heavy atom. The van der Waals surface area contributed by atoms with Crippen molar-refractivity contribution in [1.82, 2.24) is 0 Å². The van der Waals surface area contributed by atoms with Gasteiger partial charge in [-0.25, -0.2) is 0 Å². The predicted octanol–water partition coefficient (Wildman–Crippen LogP) is 5.43. The van der Waals surface area contributed by atoms with E-state index in [4.69, 9.17) is 0 Å². The first kappa shape index (κ1) is 18.5. The van der Waals surface area contributed by atoms with E-state index in [1.807, 2.05) is 18.2 Å². The Labute approximate surface area is 153 Å². The zero-order valence-electron chi connectivity index (χ0n) is 14.1. The van der Waals surface area contributed by atoms with Crippen molar-refractivity contribution in [3.05, 3.63) is 59.7 Å². The molecule has 1 fully saturated rings. The maximum atomic E-state index is 12.9. The number of hydrogen-bond acceptors (Lipinski definition) is 1. The Morgan fingerprint density at radius 3 is 2.35 bits per heavy atom. The van der Waals surface area contributed by atoms with Gasteiger partial charge in [-0.2, -0.15) is 0 Å². The molecule has 0 aliphatic heterocycles. The molecule has 0 saturated heterocycles. The summed E-state index contributed by atoms with van der Waals surface area (Å²) in [5.41, 5.74) is 5.25. The van der Waals surface area contributed by atoms with Crippen molar-refractivity contribution in [3.63, 3.8) is 0 Å². The fourth-order valence-corrected chi connectivity index (χ4v) is 4.88. The smallest absolute Gasteiger partial charge is 0.182 e. The topological polar surface area (TPSA) is 17.1 Å². The van der Waals surface area contributed by atoms with Gasteiger partial charge in [0.15, 0.2) is 5.52 Å². The summed E-state index contributed by atoms with van der Waals surface area (Å²) in [6.45, 7) is 2.06. The molecule has 115 valence electrons. The molecule has 1 radical (unpaired) electrons. The van der Waals surface area contributed by atoms with E-state index < -0.39 is 0 Å². The van der Waals surface area contributed by atoms with E-state index in [-0.39, 0.29) is 18.9 Å². The summed E-state index contributed by atoms with van der Waals surface area (Å²) in [4.78, 5) is 12.9. The summed E-state index contributed by atoms with van der Waals surface area (Å²) >= 11 is 0. The zero-order valence-corrected chi connectivity index (χ0v) is 15.1. The van der Waals surface area contributed by atoms with Crippen molar-refractivity contribution in [2.24, 2.45) is 0 Å². The molecule has 0 bridgehead atoms. The van der Waals surface area contributed by atoms with E-state index in [2.05, 4.69) is 37.3 Å². The molecule has 3 rings (SSSR count). The standard InChI is InChI=1S/C20H23OP.Li/c1-15-9-8-14-18(16-10-4-2-5-11-16)19(15)20(21)22-17-12-6-3-7-13-17;/h2,4-5,8-11,14,17,22H,3,6-7,12-13H2,1H3;. The third kappa shape index (κ3) is 4.57. The largest absolute Gasteiger partial charge is 0.289 e. The van der Waals surface area contributed by atoms with Gasteiger partial charge in [-0.05, 0) is 50.7 Å². The molecule has 0 heterocycles. The number of benzene rings is 2. The maximum absolute atomic E-state index is 12.9. The Kier molecular flexibility index (Phi) is 7.10. The molecule has 0 amide bonds. The van der Waals surface area contributed by atoms with Gasteiger partial charge in [-0.1, -0.05) is 67.8 Å². The quantitative estimate of drug-likeness (QED) is 0.542. The average molecular weight is 317 g/mol. The molecular weight excluding hydrogens is 294 g/mol. The molecule has 3 heteroatoms. The molecule has 1 nitrogen and oxygen atoms in total. The van der Waals surface area contributed by atoms with Gasteiger partial charge in [0.05, 0.1) is 0 Å². The summed E-state index contributed by atoms with van der Waals surface area (Å²) in [6.07, 6.45) is 6.40. The van der Waals surface area contributed by atoms with Crippen LogP contribution in [-0.4, -0.2) is 30.0 Å². The van der Waals surface area contributed by atoms with E-state index in [0.717, 1.165) is 22.3 Å². The van der Waals surface area contributed by atoms with Crippen molar-refractivity contribution < 1.29 is 4.79 Å². The van der Waals surface area contributed by atoms with Crippen LogP contribution >= 0.6 is 8.58 Å². The van der Waals surface area contributed by atoms with Crippen LogP contribution in [0.25, 0.3) is 11.1 Å². The van der Waals surface area contributed by atoms with E-state index in [0.29, 0.717) is 19.8 Å². The molecule has 0 aromatic heterocycles. The molecule has 1 atom stereocenters. The normalized spacial score (nSPS) is 15.5. The third-order valence-corrected chi connectivity index (χ3v) is 6.02. The van der Waals surface area contributed by atoms with Crippen LogP contribution in [0.15, 0.2) is 48.5 Å². The number of hydrogen-bond donors (Lipinski definition) is 0. The van der Waals surface area contributed by atoms with Gasteiger partial charge < -0.3 is 0 Å². The van der Waals surface area contributed by atoms with Crippen molar-refractivity contribution in [2.45, 2.75) is 44.7 Å². The Hall–Kier alpha value is -0.863. The minimum Gasteiger partial charge on any atom is -0.289 e. The number of carbonyl (C=O) groups is 1. The molecule has 23 heavy (non-hydrogen) atoms. The molecule has 1 saturated carbocycles. The van der Waals surface area contributed by atoms with E-state index in [9.17, 15) is 4.79 Å². The molecule has 2 aromatic carbocycles. The summed E-state index contributed by atoms with van der Waals surface area (Å²) in [7, 11) is 0.431. The van der Waals surface area contributed by atoms with Gasteiger partial charge >= 0.3 is 0 Å². The summed E-state index contributed by atoms with van der Waals surface area (Å²) in [5.74, 6) is 0. The first-order chi connectivity index (χ1) is 10.8. The maximum Gasteiger partial charge on any atom is 0.182 e. The second-order valence-corrected chi connectivity index (χ2v) is 7.73. The van der Waals surface area contributed by atoms with Crippen LogP contribution in [0.1, 0.15) is 48.0 Å². The summed E-state index contributed by atoms with van der Waals surface area (Å²) < 4.78 is 0.